The van der Waals surface area contributed by atoms with Crippen LogP contribution in [0.4, 0.5) is 0 Å². The van der Waals surface area contributed by atoms with Gasteiger partial charge in [0.05, 0.1) is 5.47 Å². The fraction of sp³-hybridized carbons (Fsp3) is 0.692. The Morgan fingerprint density at radius 2 is 1.50 bits per heavy atom. The zero-order chi connectivity index (χ0) is 13.8. The van der Waals surface area contributed by atoms with E-state index in [0.29, 0.717) is 6.42 Å². The largest absolute Gasteiger partial charge is 0.501 e. The second-order valence-electron chi connectivity index (χ2n) is 4.34. The van der Waals surface area contributed by atoms with Crippen molar-refractivity contribution in [3.05, 3.63) is 11.0 Å². The minimum absolute atomic E-state index is 0.0218. The van der Waals surface area contributed by atoms with Crippen LogP contribution in [-0.2, 0) is 9.59 Å². The maximum atomic E-state index is 10.6. The van der Waals surface area contributed by atoms with Crippen molar-refractivity contribution >= 4 is 19.0 Å². The monoisotopic (exact) mass is 252 g/mol. The Bertz CT molecular complexity index is 326. The topological polar surface area (TPSA) is 74.6 Å². The molecule has 4 nitrogen and oxygen atoms in total. The first-order valence-electron chi connectivity index (χ1n) is 6.52. The number of carbonyl (C=O) groups excluding carboxylic acids is 2. The first-order valence-corrected chi connectivity index (χ1v) is 6.52. The van der Waals surface area contributed by atoms with E-state index in [0.717, 1.165) is 19.3 Å². The van der Waals surface area contributed by atoms with Crippen LogP contribution in [0.1, 0.15) is 58.3 Å². The molecule has 5 heteroatoms. The molecule has 0 fully saturated rings. The molecular weight excluding hydrogens is 231 g/mol. The molecule has 0 aromatic heterocycles. The second-order valence-corrected chi connectivity index (χ2v) is 4.34. The van der Waals surface area contributed by atoms with Gasteiger partial charge < -0.3 is 10.0 Å². The van der Waals surface area contributed by atoms with Crippen LogP contribution >= 0.6 is 0 Å². The molecule has 0 aliphatic carbocycles. The van der Waals surface area contributed by atoms with Crippen molar-refractivity contribution in [3.8, 4) is 0 Å². The lowest BCUT2D eigenvalue weighted by molar-refractivity contribution is 0.419. The van der Waals surface area contributed by atoms with Crippen LogP contribution in [-0.4, -0.2) is 29.0 Å². The molecule has 0 saturated carbocycles. The molecule has 0 spiro atoms. The summed E-state index contributed by atoms with van der Waals surface area (Å²) in [6.07, 6.45) is 7.99. The highest BCUT2D eigenvalue weighted by Crippen LogP contribution is 2.15. The van der Waals surface area contributed by atoms with Crippen molar-refractivity contribution < 1.29 is 19.6 Å². The van der Waals surface area contributed by atoms with E-state index in [9.17, 15) is 9.59 Å². The van der Waals surface area contributed by atoms with Gasteiger partial charge in [0.25, 0.3) is 0 Å². The molecule has 18 heavy (non-hydrogen) atoms. The maximum Gasteiger partial charge on any atom is 0.501 e. The minimum Gasteiger partial charge on any atom is -0.423 e. The van der Waals surface area contributed by atoms with Gasteiger partial charge in [-0.05, 0) is 12.8 Å². The summed E-state index contributed by atoms with van der Waals surface area (Å²) >= 11 is 0. The Morgan fingerprint density at radius 1 is 0.944 bits per heavy atom. The summed E-state index contributed by atoms with van der Waals surface area (Å²) < 4.78 is 0. The summed E-state index contributed by atoms with van der Waals surface area (Å²) in [5.74, 6) is 2.98. The summed E-state index contributed by atoms with van der Waals surface area (Å²) in [5.41, 5.74) is -0.371. The Balaban J connectivity index is 3.90. The molecule has 0 saturated heterocycles. The van der Waals surface area contributed by atoms with Gasteiger partial charge in [-0.3, -0.25) is 0 Å². The van der Waals surface area contributed by atoms with E-state index in [1.54, 1.807) is 5.94 Å². The zero-order valence-electron chi connectivity index (χ0n) is 10.9. The van der Waals surface area contributed by atoms with E-state index in [1.165, 1.54) is 31.6 Å². The Morgan fingerprint density at radius 3 is 1.94 bits per heavy atom. The highest BCUT2D eigenvalue weighted by molar-refractivity contribution is 6.55. The van der Waals surface area contributed by atoms with Gasteiger partial charge in [-0.25, -0.2) is 9.59 Å². The summed E-state index contributed by atoms with van der Waals surface area (Å²) in [6.45, 7) is 2.16. The van der Waals surface area contributed by atoms with Gasteiger partial charge in [0.2, 0.25) is 0 Å². The smallest absolute Gasteiger partial charge is 0.423 e. The molecule has 0 aliphatic rings. The molecule has 0 rings (SSSR count). The van der Waals surface area contributed by atoms with E-state index in [4.69, 9.17) is 10.0 Å². The van der Waals surface area contributed by atoms with Crippen LogP contribution in [0, 0.1) is 0 Å². The van der Waals surface area contributed by atoms with Gasteiger partial charge in [-0.15, -0.1) is 0 Å². The third-order valence-electron chi connectivity index (χ3n) is 2.85. The molecular formula is C13H21BO4. The van der Waals surface area contributed by atoms with Crippen molar-refractivity contribution in [2.75, 3.05) is 0 Å². The van der Waals surface area contributed by atoms with E-state index in [-0.39, 0.29) is 5.57 Å². The van der Waals surface area contributed by atoms with Crippen molar-refractivity contribution in [3.63, 3.8) is 0 Å². The summed E-state index contributed by atoms with van der Waals surface area (Å²) in [7, 11) is -1.94. The predicted octanol–water partition coefficient (Wildman–Crippen LogP) is 1.66. The summed E-state index contributed by atoms with van der Waals surface area (Å²) in [6, 6.07) is 0. The molecule has 0 atom stereocenters. The van der Waals surface area contributed by atoms with Crippen molar-refractivity contribution in [1.29, 1.82) is 0 Å². The fourth-order valence-electron chi connectivity index (χ4n) is 1.77. The van der Waals surface area contributed by atoms with Crippen LogP contribution < -0.4 is 0 Å². The van der Waals surface area contributed by atoms with Gasteiger partial charge in [-0.1, -0.05) is 45.4 Å². The molecule has 0 unspecified atom stereocenters. The molecule has 100 valence electrons. The molecule has 0 amide bonds. The second kappa shape index (κ2) is 11.0. The quantitative estimate of drug-likeness (QED) is 0.268. The van der Waals surface area contributed by atoms with Crippen LogP contribution in [0.5, 0.6) is 0 Å². The van der Waals surface area contributed by atoms with Crippen molar-refractivity contribution in [1.82, 2.24) is 0 Å². The zero-order valence-corrected chi connectivity index (χ0v) is 10.9. The summed E-state index contributed by atoms with van der Waals surface area (Å²) in [5, 5.41) is 17.7. The van der Waals surface area contributed by atoms with Gasteiger partial charge in [0, 0.05) is 5.57 Å². The minimum atomic E-state index is -1.94. The number of unbranched alkanes of at least 4 members (excludes halogenated alkanes) is 6. The summed E-state index contributed by atoms with van der Waals surface area (Å²) in [4.78, 5) is 21.1. The Hall–Kier alpha value is -1.12. The first-order chi connectivity index (χ1) is 8.67. The van der Waals surface area contributed by atoms with Crippen LogP contribution in [0.3, 0.4) is 0 Å². The molecule has 0 aromatic rings. The lowest BCUT2D eigenvalue weighted by Gasteiger charge is -2.04. The Labute approximate surface area is 109 Å². The number of hydrogen-bond donors (Lipinski definition) is 2. The molecule has 0 aliphatic heterocycles. The lowest BCUT2D eigenvalue weighted by Crippen LogP contribution is -2.18. The van der Waals surface area contributed by atoms with Gasteiger partial charge in [-0.2, -0.15) is 0 Å². The lowest BCUT2D eigenvalue weighted by atomic mass is 9.75. The number of hydrogen-bond acceptors (Lipinski definition) is 4. The van der Waals surface area contributed by atoms with Gasteiger partial charge in [0.15, 0.2) is 0 Å². The normalized spacial score (nSPS) is 9.50. The molecule has 0 heterocycles. The van der Waals surface area contributed by atoms with Gasteiger partial charge >= 0.3 is 7.12 Å². The van der Waals surface area contributed by atoms with Gasteiger partial charge in [0.1, 0.15) is 11.9 Å². The molecule has 0 bridgehead atoms. The fourth-order valence-corrected chi connectivity index (χ4v) is 1.77. The predicted molar refractivity (Wildman–Crippen MR) is 71.2 cm³/mol. The molecule has 0 radical (unpaired) electrons. The van der Waals surface area contributed by atoms with Crippen LogP contribution in [0.15, 0.2) is 11.0 Å². The van der Waals surface area contributed by atoms with E-state index in [1.807, 2.05) is 0 Å². The standard InChI is InChI=1S/C13H21BO4/c1-2-3-4-5-6-7-8-9-12(10-15)13(11-16)14(17)18/h17-18H,2-9H2,1H3. The number of allylic oxidation sites excluding steroid dienone is 2. The third-order valence-corrected chi connectivity index (χ3v) is 2.85. The average Bonchev–Trinajstić information content (AvgIpc) is 2.35. The SMILES string of the molecule is CCCCCCCCCC(=C=O)C(=C=O)B(O)O. The maximum absolute atomic E-state index is 10.6. The average molecular weight is 252 g/mol. The van der Waals surface area contributed by atoms with Crippen molar-refractivity contribution in [2.45, 2.75) is 58.3 Å². The van der Waals surface area contributed by atoms with E-state index in [2.05, 4.69) is 6.92 Å². The molecule has 0 aromatic carbocycles. The van der Waals surface area contributed by atoms with Crippen LogP contribution in [0.2, 0.25) is 0 Å². The van der Waals surface area contributed by atoms with Crippen LogP contribution in [0.25, 0.3) is 0 Å². The highest BCUT2D eigenvalue weighted by atomic mass is 16.4. The molecule has 2 N–H and O–H groups in total. The van der Waals surface area contributed by atoms with E-state index < -0.39 is 12.6 Å². The third kappa shape index (κ3) is 7.26. The van der Waals surface area contributed by atoms with E-state index >= 15 is 0 Å². The highest BCUT2D eigenvalue weighted by Gasteiger charge is 2.21. The first kappa shape index (κ1) is 16.9. The number of rotatable bonds is 10. The Kier molecular flexibility index (Phi) is 10.3. The van der Waals surface area contributed by atoms with Crippen molar-refractivity contribution in [2.24, 2.45) is 0 Å².